The summed E-state index contributed by atoms with van der Waals surface area (Å²) in [6.07, 6.45) is 0. The Balaban J connectivity index is 1.94. The van der Waals surface area contributed by atoms with E-state index in [2.05, 4.69) is 47.9 Å². The van der Waals surface area contributed by atoms with Gasteiger partial charge in [0.05, 0.1) is 0 Å². The van der Waals surface area contributed by atoms with E-state index in [1.165, 1.54) is 22.3 Å². The molecule has 2 aliphatic heterocycles. The van der Waals surface area contributed by atoms with Gasteiger partial charge < -0.3 is 0 Å². The Morgan fingerprint density at radius 2 is 0.950 bits per heavy atom. The second-order valence-electron chi connectivity index (χ2n) is 6.12. The average molecular weight is 266 g/mol. The predicted molar refractivity (Wildman–Crippen MR) is 83.5 cm³/mol. The van der Waals surface area contributed by atoms with E-state index in [0.717, 1.165) is 39.3 Å². The molecule has 0 amide bonds. The maximum Gasteiger partial charge on any atom is 0.0243 e. The van der Waals surface area contributed by atoms with Crippen molar-refractivity contribution >= 4 is 10.8 Å². The summed E-state index contributed by atoms with van der Waals surface area (Å²) in [5.41, 5.74) is 6.11. The summed E-state index contributed by atoms with van der Waals surface area (Å²) in [7, 11) is 0. The molecule has 0 radical (unpaired) electrons. The third-order valence-electron chi connectivity index (χ3n) is 4.98. The van der Waals surface area contributed by atoms with Gasteiger partial charge in [-0.1, -0.05) is 38.1 Å². The van der Waals surface area contributed by atoms with Crippen LogP contribution in [0.25, 0.3) is 10.8 Å². The lowest BCUT2D eigenvalue weighted by atomic mass is 9.87. The molecule has 0 aromatic heterocycles. The molecular weight excluding hydrogens is 244 g/mol. The number of hydrogen-bond donors (Lipinski definition) is 0. The highest BCUT2D eigenvalue weighted by atomic mass is 15.1. The highest BCUT2D eigenvalue weighted by Gasteiger charge is 2.24. The molecule has 2 aromatic carbocycles. The fourth-order valence-corrected chi connectivity index (χ4v) is 3.84. The molecule has 4 rings (SSSR count). The van der Waals surface area contributed by atoms with E-state index in [1.54, 1.807) is 10.8 Å². The van der Waals surface area contributed by atoms with Crippen LogP contribution in [0.5, 0.6) is 0 Å². The molecule has 2 aromatic rings. The topological polar surface area (TPSA) is 6.48 Å². The van der Waals surface area contributed by atoms with Crippen molar-refractivity contribution in [2.75, 3.05) is 13.1 Å². The Kier molecular flexibility index (Phi) is 2.83. The lowest BCUT2D eigenvalue weighted by molar-refractivity contribution is 0.261. The Morgan fingerprint density at radius 1 is 0.650 bits per heavy atom. The minimum absolute atomic E-state index is 1.11. The molecule has 2 heterocycles. The molecule has 0 N–H and O–H groups in total. The van der Waals surface area contributed by atoms with Gasteiger partial charge in [0, 0.05) is 26.2 Å². The fourth-order valence-electron chi connectivity index (χ4n) is 3.84. The first-order valence-electron chi connectivity index (χ1n) is 7.80. The minimum atomic E-state index is 1.11. The molecule has 2 aliphatic rings. The summed E-state index contributed by atoms with van der Waals surface area (Å²) in [5.74, 6) is 0. The number of rotatable bonds is 2. The van der Waals surface area contributed by atoms with Crippen molar-refractivity contribution < 1.29 is 0 Å². The van der Waals surface area contributed by atoms with Crippen LogP contribution in [-0.2, 0) is 26.2 Å². The zero-order valence-electron chi connectivity index (χ0n) is 12.4. The predicted octanol–water partition coefficient (Wildman–Crippen LogP) is 3.51. The van der Waals surface area contributed by atoms with E-state index in [-0.39, 0.29) is 0 Å². The number of benzene rings is 2. The average Bonchev–Trinajstić information content (AvgIpc) is 2.51. The van der Waals surface area contributed by atoms with Gasteiger partial charge in [0.15, 0.2) is 0 Å². The molecular formula is C18H22N2. The van der Waals surface area contributed by atoms with Crippen LogP contribution in [0.4, 0.5) is 0 Å². The molecule has 0 atom stereocenters. The van der Waals surface area contributed by atoms with Crippen LogP contribution in [0.2, 0.25) is 0 Å². The summed E-state index contributed by atoms with van der Waals surface area (Å²) in [6, 6.07) is 9.47. The largest absolute Gasteiger partial charge is 0.295 e. The van der Waals surface area contributed by atoms with Crippen molar-refractivity contribution in [1.82, 2.24) is 9.80 Å². The van der Waals surface area contributed by atoms with Gasteiger partial charge in [-0.3, -0.25) is 9.80 Å². The summed E-state index contributed by atoms with van der Waals surface area (Å²) in [6.45, 7) is 11.2. The van der Waals surface area contributed by atoms with Crippen LogP contribution >= 0.6 is 0 Å². The van der Waals surface area contributed by atoms with Crippen LogP contribution in [-0.4, -0.2) is 22.9 Å². The van der Waals surface area contributed by atoms with Gasteiger partial charge in [-0.25, -0.2) is 0 Å². The van der Waals surface area contributed by atoms with Crippen LogP contribution < -0.4 is 0 Å². The zero-order chi connectivity index (χ0) is 13.7. The van der Waals surface area contributed by atoms with Crippen LogP contribution in [0.1, 0.15) is 36.1 Å². The number of nitrogens with zero attached hydrogens (tertiary/aromatic N) is 2. The third-order valence-corrected chi connectivity index (χ3v) is 4.98. The smallest absolute Gasteiger partial charge is 0.0243 e. The highest BCUT2D eigenvalue weighted by molar-refractivity contribution is 5.95. The normalized spacial score (nSPS) is 18.7. The monoisotopic (exact) mass is 266 g/mol. The summed E-state index contributed by atoms with van der Waals surface area (Å²) < 4.78 is 0. The first kappa shape index (κ1) is 12.4. The molecule has 2 nitrogen and oxygen atoms in total. The van der Waals surface area contributed by atoms with Crippen LogP contribution in [0, 0.1) is 0 Å². The van der Waals surface area contributed by atoms with Crippen LogP contribution in [0.15, 0.2) is 24.3 Å². The molecule has 0 unspecified atom stereocenters. The Bertz CT molecular complexity index is 565. The molecule has 0 aliphatic carbocycles. The lowest BCUT2D eigenvalue weighted by Gasteiger charge is -2.33. The van der Waals surface area contributed by atoms with E-state index < -0.39 is 0 Å². The van der Waals surface area contributed by atoms with E-state index in [4.69, 9.17) is 0 Å². The maximum atomic E-state index is 2.53. The van der Waals surface area contributed by atoms with Gasteiger partial charge >= 0.3 is 0 Å². The van der Waals surface area contributed by atoms with E-state index in [0.29, 0.717) is 0 Å². The summed E-state index contributed by atoms with van der Waals surface area (Å²) >= 11 is 0. The van der Waals surface area contributed by atoms with Gasteiger partial charge in [-0.15, -0.1) is 0 Å². The highest BCUT2D eigenvalue weighted by Crippen LogP contribution is 2.37. The Morgan fingerprint density at radius 3 is 1.20 bits per heavy atom. The first-order chi connectivity index (χ1) is 9.80. The van der Waals surface area contributed by atoms with Gasteiger partial charge in [-0.2, -0.15) is 0 Å². The molecule has 0 saturated heterocycles. The lowest BCUT2D eigenvalue weighted by Crippen LogP contribution is -2.29. The second-order valence-corrected chi connectivity index (χ2v) is 6.12. The fraction of sp³-hybridized carbons (Fsp3) is 0.444. The minimum Gasteiger partial charge on any atom is -0.295 e. The van der Waals surface area contributed by atoms with Crippen molar-refractivity contribution in [2.45, 2.75) is 40.0 Å². The Hall–Kier alpha value is -1.38. The number of hydrogen-bond acceptors (Lipinski definition) is 2. The van der Waals surface area contributed by atoms with Crippen molar-refractivity contribution in [1.29, 1.82) is 0 Å². The molecule has 0 bridgehead atoms. The van der Waals surface area contributed by atoms with E-state index in [1.807, 2.05) is 0 Å². The van der Waals surface area contributed by atoms with Gasteiger partial charge in [0.2, 0.25) is 0 Å². The molecule has 104 valence electrons. The van der Waals surface area contributed by atoms with Crippen molar-refractivity contribution in [3.8, 4) is 0 Å². The summed E-state index contributed by atoms with van der Waals surface area (Å²) in [5, 5.41) is 3.14. The summed E-state index contributed by atoms with van der Waals surface area (Å²) in [4.78, 5) is 5.06. The van der Waals surface area contributed by atoms with Gasteiger partial charge in [0.25, 0.3) is 0 Å². The molecule has 20 heavy (non-hydrogen) atoms. The quantitative estimate of drug-likeness (QED) is 0.820. The van der Waals surface area contributed by atoms with Gasteiger partial charge in [-0.05, 0) is 46.1 Å². The molecule has 0 spiro atoms. The second kappa shape index (κ2) is 4.57. The Labute approximate surface area is 121 Å². The van der Waals surface area contributed by atoms with Gasteiger partial charge in [0.1, 0.15) is 0 Å². The SMILES string of the molecule is CCN1Cc2ccc3c4c(ccc(c24)C1)CN(CC)C3. The van der Waals surface area contributed by atoms with Crippen molar-refractivity contribution in [2.24, 2.45) is 0 Å². The van der Waals surface area contributed by atoms with E-state index in [9.17, 15) is 0 Å². The molecule has 0 saturated carbocycles. The van der Waals surface area contributed by atoms with Crippen molar-refractivity contribution in [3.05, 3.63) is 46.5 Å². The van der Waals surface area contributed by atoms with E-state index >= 15 is 0 Å². The maximum absolute atomic E-state index is 2.53. The molecule has 0 fully saturated rings. The third kappa shape index (κ3) is 1.72. The van der Waals surface area contributed by atoms with Crippen molar-refractivity contribution in [3.63, 3.8) is 0 Å². The standard InChI is InChI=1S/C18H22N2/c1-3-19-9-13-5-7-15-11-20(4-2)12-16-8-6-14(10-19)17(13)18(15)16/h5-8H,3-4,9-12H2,1-2H3. The first-order valence-corrected chi connectivity index (χ1v) is 7.80. The molecule has 2 heteroatoms. The zero-order valence-corrected chi connectivity index (χ0v) is 12.4. The van der Waals surface area contributed by atoms with Crippen LogP contribution in [0.3, 0.4) is 0 Å².